The van der Waals surface area contributed by atoms with Gasteiger partial charge in [0.25, 0.3) is 11.1 Å². The van der Waals surface area contributed by atoms with Gasteiger partial charge in [0, 0.05) is 25.9 Å². The van der Waals surface area contributed by atoms with Crippen molar-refractivity contribution in [3.63, 3.8) is 0 Å². The first kappa shape index (κ1) is 24.5. The number of amides is 3. The summed E-state index contributed by atoms with van der Waals surface area (Å²) >= 11 is 0.869. The Kier molecular flexibility index (Phi) is 7.86. The van der Waals surface area contributed by atoms with E-state index in [1.807, 2.05) is 13.8 Å². The number of hydrogen-bond acceptors (Lipinski definition) is 9. The molecule has 2 aromatic rings. The molecule has 4 rings (SSSR count). The summed E-state index contributed by atoms with van der Waals surface area (Å²) in [5.41, 5.74) is 0.760. The van der Waals surface area contributed by atoms with Crippen LogP contribution in [0, 0.1) is 5.92 Å². The van der Waals surface area contributed by atoms with E-state index in [0.29, 0.717) is 60.9 Å². The quantitative estimate of drug-likeness (QED) is 0.559. The number of benzene rings is 1. The predicted molar refractivity (Wildman–Crippen MR) is 129 cm³/mol. The SMILES string of the molecule is CC(C)COC(=O)N1CCC(Oc2cc(Oc3ccc(/C=C4/SC(=O)NC4=O)cc3)ncn2)CC1. The lowest BCUT2D eigenvalue weighted by atomic mass is 10.1. The molecule has 1 N–H and O–H groups in total. The largest absolute Gasteiger partial charge is 0.474 e. The van der Waals surface area contributed by atoms with Crippen molar-refractivity contribution in [2.75, 3.05) is 19.7 Å². The molecule has 2 fully saturated rings. The Morgan fingerprint density at radius 2 is 1.89 bits per heavy atom. The number of hydrogen-bond donors (Lipinski definition) is 1. The van der Waals surface area contributed by atoms with Crippen LogP contribution in [-0.4, -0.2) is 57.9 Å². The lowest BCUT2D eigenvalue weighted by Crippen LogP contribution is -2.42. The van der Waals surface area contributed by atoms with Crippen molar-refractivity contribution in [1.29, 1.82) is 0 Å². The molecule has 1 aromatic heterocycles. The fourth-order valence-electron chi connectivity index (χ4n) is 3.42. The fourth-order valence-corrected chi connectivity index (χ4v) is 4.11. The minimum absolute atomic E-state index is 0.0724. The minimum atomic E-state index is -0.398. The number of likely N-dealkylation sites (tertiary alicyclic amines) is 1. The van der Waals surface area contributed by atoms with E-state index >= 15 is 0 Å². The summed E-state index contributed by atoms with van der Waals surface area (Å²) in [7, 11) is 0. The molecule has 0 aliphatic carbocycles. The number of imide groups is 1. The van der Waals surface area contributed by atoms with Crippen molar-refractivity contribution in [3.8, 4) is 17.5 Å². The van der Waals surface area contributed by atoms with E-state index in [4.69, 9.17) is 14.2 Å². The molecule has 35 heavy (non-hydrogen) atoms. The zero-order valence-electron chi connectivity index (χ0n) is 19.4. The van der Waals surface area contributed by atoms with Crippen LogP contribution in [0.25, 0.3) is 6.08 Å². The Balaban J connectivity index is 1.29. The summed E-state index contributed by atoms with van der Waals surface area (Å²) < 4.78 is 17.1. The van der Waals surface area contributed by atoms with Crippen molar-refractivity contribution < 1.29 is 28.6 Å². The van der Waals surface area contributed by atoms with E-state index in [1.54, 1.807) is 41.3 Å². The van der Waals surface area contributed by atoms with Crippen molar-refractivity contribution in [2.45, 2.75) is 32.8 Å². The monoisotopic (exact) mass is 498 g/mol. The second-order valence-corrected chi connectivity index (χ2v) is 9.51. The molecule has 1 aromatic carbocycles. The number of ether oxygens (including phenoxy) is 3. The summed E-state index contributed by atoms with van der Waals surface area (Å²) in [6.45, 7) is 5.54. The highest BCUT2D eigenvalue weighted by Crippen LogP contribution is 2.27. The number of rotatable bonds is 7. The minimum Gasteiger partial charge on any atom is -0.474 e. The van der Waals surface area contributed by atoms with Gasteiger partial charge >= 0.3 is 6.09 Å². The number of piperidine rings is 1. The second-order valence-electron chi connectivity index (χ2n) is 8.49. The molecule has 0 bridgehead atoms. The zero-order valence-corrected chi connectivity index (χ0v) is 20.2. The van der Waals surface area contributed by atoms with Crippen LogP contribution in [0.2, 0.25) is 0 Å². The van der Waals surface area contributed by atoms with Gasteiger partial charge in [-0.2, -0.15) is 0 Å². The number of carbonyl (C=O) groups excluding carboxylic acids is 3. The van der Waals surface area contributed by atoms with Crippen LogP contribution in [0.15, 0.2) is 41.6 Å². The van der Waals surface area contributed by atoms with E-state index in [9.17, 15) is 14.4 Å². The van der Waals surface area contributed by atoms with E-state index in [2.05, 4.69) is 15.3 Å². The first-order valence-corrected chi connectivity index (χ1v) is 12.1. The second kappa shape index (κ2) is 11.2. The van der Waals surface area contributed by atoms with Crippen LogP contribution in [0.4, 0.5) is 9.59 Å². The lowest BCUT2D eigenvalue weighted by Gasteiger charge is -2.31. The van der Waals surface area contributed by atoms with Gasteiger partial charge in [-0.1, -0.05) is 26.0 Å². The average Bonchev–Trinajstić information content (AvgIpc) is 3.15. The number of aromatic nitrogens is 2. The highest BCUT2D eigenvalue weighted by Gasteiger charge is 2.26. The summed E-state index contributed by atoms with van der Waals surface area (Å²) in [6, 6.07) is 8.64. The Morgan fingerprint density at radius 3 is 2.54 bits per heavy atom. The van der Waals surface area contributed by atoms with Crippen LogP contribution in [-0.2, 0) is 9.53 Å². The number of nitrogens with zero attached hydrogens (tertiary/aromatic N) is 3. The molecular formula is C24H26N4O6S. The standard InChI is InChI=1S/C24H26N4O6S/c1-15(2)13-32-24(31)28-9-7-18(8-10-28)34-21-12-20(25-14-26-21)33-17-5-3-16(4-6-17)11-19-22(29)27-23(30)35-19/h3-6,11-12,14-15,18H,7-10,13H2,1-2H3,(H,27,29,30)/b19-11+. The lowest BCUT2D eigenvalue weighted by molar-refractivity contribution is -0.115. The molecule has 0 spiro atoms. The molecule has 2 aliphatic heterocycles. The molecule has 10 nitrogen and oxygen atoms in total. The third-order valence-corrected chi connectivity index (χ3v) is 6.00. The van der Waals surface area contributed by atoms with Crippen LogP contribution in [0.5, 0.6) is 17.5 Å². The molecular weight excluding hydrogens is 472 g/mol. The molecule has 3 heterocycles. The van der Waals surface area contributed by atoms with Crippen LogP contribution in [0.3, 0.4) is 0 Å². The highest BCUT2D eigenvalue weighted by molar-refractivity contribution is 8.18. The van der Waals surface area contributed by atoms with Crippen molar-refractivity contribution in [3.05, 3.63) is 47.1 Å². The third-order valence-electron chi connectivity index (χ3n) is 5.19. The van der Waals surface area contributed by atoms with Crippen LogP contribution >= 0.6 is 11.8 Å². The molecule has 0 atom stereocenters. The molecule has 0 saturated carbocycles. The predicted octanol–water partition coefficient (Wildman–Crippen LogP) is 4.23. The molecule has 184 valence electrons. The molecule has 2 aliphatic rings. The van der Waals surface area contributed by atoms with Crippen molar-refractivity contribution >= 4 is 35.1 Å². The summed E-state index contributed by atoms with van der Waals surface area (Å²) in [4.78, 5) is 45.4. The number of thioether (sulfide) groups is 1. The highest BCUT2D eigenvalue weighted by atomic mass is 32.2. The van der Waals surface area contributed by atoms with Gasteiger partial charge in [0.05, 0.1) is 17.6 Å². The van der Waals surface area contributed by atoms with Crippen molar-refractivity contribution in [1.82, 2.24) is 20.2 Å². The average molecular weight is 499 g/mol. The van der Waals surface area contributed by atoms with Gasteiger partial charge < -0.3 is 19.1 Å². The molecule has 0 radical (unpaired) electrons. The maximum absolute atomic E-state index is 12.1. The van der Waals surface area contributed by atoms with E-state index in [0.717, 1.165) is 17.3 Å². The normalized spacial score (nSPS) is 17.6. The number of carbonyl (C=O) groups is 3. The van der Waals surface area contributed by atoms with Crippen LogP contribution < -0.4 is 14.8 Å². The van der Waals surface area contributed by atoms with Gasteiger partial charge in [-0.15, -0.1) is 0 Å². The van der Waals surface area contributed by atoms with Gasteiger partial charge in [0.1, 0.15) is 18.2 Å². The maximum Gasteiger partial charge on any atom is 0.409 e. The van der Waals surface area contributed by atoms with Gasteiger partial charge in [-0.3, -0.25) is 14.9 Å². The van der Waals surface area contributed by atoms with Gasteiger partial charge in [-0.25, -0.2) is 14.8 Å². The molecule has 3 amide bonds. The first-order chi connectivity index (χ1) is 16.9. The van der Waals surface area contributed by atoms with Crippen molar-refractivity contribution in [2.24, 2.45) is 5.92 Å². The molecule has 2 saturated heterocycles. The summed E-state index contributed by atoms with van der Waals surface area (Å²) in [5.74, 6) is 1.17. The third kappa shape index (κ3) is 6.95. The maximum atomic E-state index is 12.1. The number of nitrogens with one attached hydrogen (secondary N) is 1. The molecule has 0 unspecified atom stereocenters. The Bertz CT molecular complexity index is 1110. The zero-order chi connectivity index (χ0) is 24.8. The van der Waals surface area contributed by atoms with Gasteiger partial charge in [-0.05, 0) is 41.5 Å². The Morgan fingerprint density at radius 1 is 1.17 bits per heavy atom. The van der Waals surface area contributed by atoms with Crippen LogP contribution in [0.1, 0.15) is 32.3 Å². The summed E-state index contributed by atoms with van der Waals surface area (Å²) in [6.07, 6.45) is 4.01. The van der Waals surface area contributed by atoms with E-state index in [-0.39, 0.29) is 17.4 Å². The Labute approximate surface area is 207 Å². The van der Waals surface area contributed by atoms with E-state index in [1.165, 1.54) is 6.33 Å². The van der Waals surface area contributed by atoms with Gasteiger partial charge in [0.15, 0.2) is 0 Å². The fraction of sp³-hybridized carbons (Fsp3) is 0.375. The van der Waals surface area contributed by atoms with E-state index < -0.39 is 5.91 Å². The van der Waals surface area contributed by atoms with Gasteiger partial charge in [0.2, 0.25) is 11.8 Å². The summed E-state index contributed by atoms with van der Waals surface area (Å²) in [5, 5.41) is 1.85. The Hall–Kier alpha value is -3.60. The first-order valence-electron chi connectivity index (χ1n) is 11.3. The smallest absolute Gasteiger partial charge is 0.409 e. The molecule has 11 heteroatoms. The topological polar surface area (TPSA) is 120 Å².